The molecule has 0 saturated heterocycles. The number of aliphatic carboxylic acids is 1. The van der Waals surface area contributed by atoms with Crippen LogP contribution in [0.4, 0.5) is 0 Å². The number of carboxylic acids is 1. The summed E-state index contributed by atoms with van der Waals surface area (Å²) in [5, 5.41) is 11.6. The summed E-state index contributed by atoms with van der Waals surface area (Å²) in [7, 11) is 0. The van der Waals surface area contributed by atoms with E-state index in [0.717, 1.165) is 6.42 Å². The van der Waals surface area contributed by atoms with Crippen LogP contribution in [0.15, 0.2) is 24.3 Å². The maximum atomic E-state index is 11.7. The Morgan fingerprint density at radius 2 is 2.06 bits per heavy atom. The number of benzene rings is 1. The third kappa shape index (κ3) is 1.88. The predicted molar refractivity (Wildman–Crippen MR) is 65.1 cm³/mol. The van der Waals surface area contributed by atoms with Crippen molar-refractivity contribution in [2.24, 2.45) is 11.8 Å². The molecular weight excluding hydrogens is 230 g/mol. The van der Waals surface area contributed by atoms with E-state index in [1.807, 2.05) is 12.1 Å². The zero-order valence-electron chi connectivity index (χ0n) is 9.93. The molecule has 94 valence electrons. The molecule has 1 aromatic rings. The third-order valence-corrected chi connectivity index (χ3v) is 3.93. The van der Waals surface area contributed by atoms with Gasteiger partial charge in [-0.1, -0.05) is 24.3 Å². The number of carboxylic acid groups (broad SMARTS) is 1. The monoisotopic (exact) mass is 245 g/mol. The third-order valence-electron chi connectivity index (χ3n) is 3.93. The van der Waals surface area contributed by atoms with Gasteiger partial charge in [0.2, 0.25) is 5.91 Å². The molecule has 2 aliphatic carbocycles. The van der Waals surface area contributed by atoms with Gasteiger partial charge >= 0.3 is 5.97 Å². The van der Waals surface area contributed by atoms with Gasteiger partial charge in [0.05, 0.1) is 11.8 Å². The Bertz CT molecular complexity index is 512. The Hall–Kier alpha value is -1.84. The van der Waals surface area contributed by atoms with E-state index in [9.17, 15) is 9.59 Å². The van der Waals surface area contributed by atoms with Crippen LogP contribution in [0.5, 0.6) is 0 Å². The van der Waals surface area contributed by atoms with Crippen LogP contribution in [0.25, 0.3) is 0 Å². The number of carbonyl (C=O) groups is 2. The van der Waals surface area contributed by atoms with Gasteiger partial charge in [-0.15, -0.1) is 0 Å². The molecule has 1 amide bonds. The summed E-state index contributed by atoms with van der Waals surface area (Å²) in [6, 6.07) is 8.23. The van der Waals surface area contributed by atoms with E-state index in [2.05, 4.69) is 17.4 Å². The topological polar surface area (TPSA) is 66.4 Å². The maximum absolute atomic E-state index is 11.7. The van der Waals surface area contributed by atoms with Crippen molar-refractivity contribution in [3.05, 3.63) is 35.4 Å². The quantitative estimate of drug-likeness (QED) is 0.836. The van der Waals surface area contributed by atoms with Crippen molar-refractivity contribution in [1.82, 2.24) is 5.32 Å². The van der Waals surface area contributed by atoms with Crippen molar-refractivity contribution in [3.63, 3.8) is 0 Å². The SMILES string of the molecule is O=C(NC[C@@H]1Cc2ccccc21)[C@H]1C[C@H]1C(=O)O. The number of carbonyl (C=O) groups excluding carboxylic acids is 1. The van der Waals surface area contributed by atoms with Crippen molar-refractivity contribution in [1.29, 1.82) is 0 Å². The van der Waals surface area contributed by atoms with Gasteiger partial charge < -0.3 is 10.4 Å². The summed E-state index contributed by atoms with van der Waals surface area (Å²) in [6.07, 6.45) is 1.49. The van der Waals surface area contributed by atoms with Crippen molar-refractivity contribution in [3.8, 4) is 0 Å². The fourth-order valence-electron chi connectivity index (χ4n) is 2.66. The van der Waals surface area contributed by atoms with Crippen LogP contribution in [-0.4, -0.2) is 23.5 Å². The largest absolute Gasteiger partial charge is 0.481 e. The number of hydrogen-bond acceptors (Lipinski definition) is 2. The average Bonchev–Trinajstić information content (AvgIpc) is 3.10. The molecule has 3 rings (SSSR count). The zero-order chi connectivity index (χ0) is 12.7. The van der Waals surface area contributed by atoms with Gasteiger partial charge in [-0.2, -0.15) is 0 Å². The van der Waals surface area contributed by atoms with Crippen molar-refractivity contribution >= 4 is 11.9 Å². The highest BCUT2D eigenvalue weighted by atomic mass is 16.4. The lowest BCUT2D eigenvalue weighted by Gasteiger charge is -2.30. The maximum Gasteiger partial charge on any atom is 0.307 e. The Morgan fingerprint density at radius 1 is 1.28 bits per heavy atom. The molecule has 18 heavy (non-hydrogen) atoms. The lowest BCUT2D eigenvalue weighted by molar-refractivity contribution is -0.140. The Kier molecular flexibility index (Phi) is 2.58. The van der Waals surface area contributed by atoms with E-state index in [-0.39, 0.29) is 11.8 Å². The van der Waals surface area contributed by atoms with Gasteiger partial charge in [-0.05, 0) is 24.0 Å². The minimum atomic E-state index is -0.857. The van der Waals surface area contributed by atoms with E-state index in [1.165, 1.54) is 11.1 Å². The number of hydrogen-bond donors (Lipinski definition) is 2. The molecule has 0 unspecified atom stereocenters. The first-order chi connectivity index (χ1) is 8.66. The fourth-order valence-corrected chi connectivity index (χ4v) is 2.66. The van der Waals surface area contributed by atoms with Gasteiger partial charge in [0.1, 0.15) is 0 Å². The lowest BCUT2D eigenvalue weighted by atomic mass is 9.77. The van der Waals surface area contributed by atoms with Crippen molar-refractivity contribution < 1.29 is 14.7 Å². The van der Waals surface area contributed by atoms with Crippen LogP contribution in [0, 0.1) is 11.8 Å². The smallest absolute Gasteiger partial charge is 0.307 e. The molecule has 1 fully saturated rings. The second-order valence-corrected chi connectivity index (χ2v) is 5.13. The molecule has 0 bridgehead atoms. The molecule has 0 aliphatic heterocycles. The van der Waals surface area contributed by atoms with E-state index in [1.54, 1.807) is 0 Å². The van der Waals surface area contributed by atoms with Crippen molar-refractivity contribution in [2.75, 3.05) is 6.54 Å². The molecule has 4 nitrogen and oxygen atoms in total. The van der Waals surface area contributed by atoms with Crippen LogP contribution in [-0.2, 0) is 16.0 Å². The molecule has 2 aliphatic rings. The highest BCUT2D eigenvalue weighted by Gasteiger charge is 2.48. The standard InChI is InChI=1S/C14H15NO3/c16-13(11-6-12(11)14(17)18)15-7-9-5-8-3-1-2-4-10(8)9/h1-4,9,11-12H,5-7H2,(H,15,16)(H,17,18)/t9-,11-,12+/m0/s1. The van der Waals surface area contributed by atoms with Gasteiger partial charge in [0.15, 0.2) is 0 Å². The number of fused-ring (bicyclic) bond motifs is 1. The molecule has 0 heterocycles. The molecular formula is C14H15NO3. The number of rotatable bonds is 4. The van der Waals surface area contributed by atoms with Crippen LogP contribution in [0.1, 0.15) is 23.5 Å². The highest BCUT2D eigenvalue weighted by molar-refractivity contribution is 5.89. The van der Waals surface area contributed by atoms with Gasteiger partial charge in [-0.25, -0.2) is 0 Å². The second kappa shape index (κ2) is 4.12. The summed E-state index contributed by atoms with van der Waals surface area (Å²) in [5.74, 6) is -1.33. The number of nitrogens with one attached hydrogen (secondary N) is 1. The van der Waals surface area contributed by atoms with Gasteiger partial charge in [-0.3, -0.25) is 9.59 Å². The van der Waals surface area contributed by atoms with E-state index in [0.29, 0.717) is 18.9 Å². The first kappa shape index (κ1) is 11.3. The van der Waals surface area contributed by atoms with Crippen LogP contribution in [0.3, 0.4) is 0 Å². The molecule has 0 spiro atoms. The molecule has 1 aromatic carbocycles. The summed E-state index contributed by atoms with van der Waals surface area (Å²) in [6.45, 7) is 0.624. The van der Waals surface area contributed by atoms with Crippen LogP contribution in [0.2, 0.25) is 0 Å². The molecule has 3 atom stereocenters. The van der Waals surface area contributed by atoms with Crippen molar-refractivity contribution in [2.45, 2.75) is 18.8 Å². The molecule has 0 aromatic heterocycles. The molecule has 0 radical (unpaired) electrons. The number of amides is 1. The van der Waals surface area contributed by atoms with E-state index in [4.69, 9.17) is 5.11 Å². The minimum Gasteiger partial charge on any atom is -0.481 e. The second-order valence-electron chi connectivity index (χ2n) is 5.13. The Balaban J connectivity index is 1.50. The highest BCUT2D eigenvalue weighted by Crippen LogP contribution is 2.39. The zero-order valence-corrected chi connectivity index (χ0v) is 9.93. The van der Waals surface area contributed by atoms with E-state index < -0.39 is 11.9 Å². The normalized spacial score (nSPS) is 27.9. The first-order valence-electron chi connectivity index (χ1n) is 6.25. The summed E-state index contributed by atoms with van der Waals surface area (Å²) >= 11 is 0. The Labute approximate surface area is 105 Å². The Morgan fingerprint density at radius 3 is 2.72 bits per heavy atom. The predicted octanol–water partition coefficient (Wildman–Crippen LogP) is 1.16. The molecule has 4 heteroatoms. The van der Waals surface area contributed by atoms with Gasteiger partial charge in [0.25, 0.3) is 0 Å². The minimum absolute atomic E-state index is 0.105. The van der Waals surface area contributed by atoms with Crippen LogP contribution < -0.4 is 5.32 Å². The molecule has 1 saturated carbocycles. The summed E-state index contributed by atoms with van der Waals surface area (Å²) in [4.78, 5) is 22.4. The van der Waals surface area contributed by atoms with Gasteiger partial charge in [0, 0.05) is 12.5 Å². The summed E-state index contributed by atoms with van der Waals surface area (Å²) < 4.78 is 0. The van der Waals surface area contributed by atoms with E-state index >= 15 is 0 Å². The fraction of sp³-hybridized carbons (Fsp3) is 0.429. The average molecular weight is 245 g/mol. The van der Waals surface area contributed by atoms with Crippen LogP contribution >= 0.6 is 0 Å². The molecule has 2 N–H and O–H groups in total. The first-order valence-corrected chi connectivity index (χ1v) is 6.25. The lowest BCUT2D eigenvalue weighted by Crippen LogP contribution is -2.34. The summed E-state index contributed by atoms with van der Waals surface area (Å²) in [5.41, 5.74) is 2.66.